The van der Waals surface area contributed by atoms with Gasteiger partial charge in [-0.15, -0.1) is 0 Å². The minimum absolute atomic E-state index is 0.0412. The van der Waals surface area contributed by atoms with Gasteiger partial charge in [-0.3, -0.25) is 4.79 Å². The fraction of sp³-hybridized carbons (Fsp3) is 0.581. The van der Waals surface area contributed by atoms with Crippen LogP contribution in [0.1, 0.15) is 10.4 Å². The minimum atomic E-state index is -1.76. The lowest BCUT2D eigenvalue weighted by molar-refractivity contribution is -0.360. The first kappa shape index (κ1) is 36.8. The zero-order valence-corrected chi connectivity index (χ0v) is 25.8. The molecule has 2 heterocycles. The van der Waals surface area contributed by atoms with E-state index in [2.05, 4.69) is 0 Å². The van der Waals surface area contributed by atoms with Crippen LogP contribution in [0.5, 0.6) is 0 Å². The summed E-state index contributed by atoms with van der Waals surface area (Å²) in [6, 6.07) is 17.4. The minimum Gasteiger partial charge on any atom is -0.394 e. The zero-order valence-electron chi connectivity index (χ0n) is 25.0. The van der Waals surface area contributed by atoms with Crippen molar-refractivity contribution >= 4 is 16.9 Å². The van der Waals surface area contributed by atoms with Gasteiger partial charge in [0.25, 0.3) is 0 Å². The Morgan fingerprint density at radius 1 is 0.652 bits per heavy atom. The van der Waals surface area contributed by atoms with Gasteiger partial charge in [0.05, 0.1) is 46.2 Å². The van der Waals surface area contributed by atoms with E-state index in [0.29, 0.717) is 17.9 Å². The van der Waals surface area contributed by atoms with Crippen molar-refractivity contribution in [3.8, 4) is 11.1 Å². The number of carbonyl (C=O) groups is 1. The smallest absolute Gasteiger partial charge is 0.219 e. The Labute approximate surface area is 270 Å². The highest BCUT2D eigenvalue weighted by Crippen LogP contribution is 2.29. The summed E-state index contributed by atoms with van der Waals surface area (Å²) in [4.78, 5) is 12.5. The zero-order chi connectivity index (χ0) is 33.1. The van der Waals surface area contributed by atoms with E-state index in [9.17, 15) is 40.5 Å². The van der Waals surface area contributed by atoms with Gasteiger partial charge in [0.15, 0.2) is 12.6 Å². The van der Waals surface area contributed by atoms with E-state index >= 15 is 0 Å². The van der Waals surface area contributed by atoms with Crippen molar-refractivity contribution < 1.29 is 69.0 Å². The van der Waals surface area contributed by atoms with Gasteiger partial charge in [-0.2, -0.15) is 0 Å². The Bertz CT molecular complexity index is 1170. The third kappa shape index (κ3) is 9.74. The molecule has 7 N–H and O–H groups in total. The molecule has 2 fully saturated rings. The molecule has 0 amide bonds. The molecule has 2 aromatic rings. The van der Waals surface area contributed by atoms with Crippen LogP contribution in [0.4, 0.5) is 0 Å². The topological polar surface area (TPSA) is 214 Å². The maximum Gasteiger partial charge on any atom is 0.219 e. The van der Waals surface area contributed by atoms with Crippen LogP contribution < -0.4 is 0 Å². The molecule has 0 saturated carbocycles. The van der Waals surface area contributed by atoms with E-state index in [0.717, 1.165) is 11.1 Å². The summed E-state index contributed by atoms with van der Waals surface area (Å²) >= 11 is 1.17. The maximum absolute atomic E-state index is 12.5. The third-order valence-electron chi connectivity index (χ3n) is 7.53. The van der Waals surface area contributed by atoms with Gasteiger partial charge in [0.2, 0.25) is 5.12 Å². The van der Waals surface area contributed by atoms with Gasteiger partial charge >= 0.3 is 0 Å². The van der Waals surface area contributed by atoms with Crippen LogP contribution in [-0.4, -0.2) is 154 Å². The largest absolute Gasteiger partial charge is 0.394 e. The molecule has 256 valence electrons. The highest BCUT2D eigenvalue weighted by Gasteiger charge is 2.50. The Morgan fingerprint density at radius 3 is 1.91 bits per heavy atom. The average Bonchev–Trinajstić information content (AvgIpc) is 3.08. The lowest BCUT2D eigenvalue weighted by atomic mass is 9.97. The normalized spacial score (nSPS) is 31.5. The molecule has 10 atom stereocenters. The molecule has 0 radical (unpaired) electrons. The molecule has 14 nitrogen and oxygen atoms in total. The number of hydrogen-bond acceptors (Lipinski definition) is 15. The predicted molar refractivity (Wildman–Crippen MR) is 163 cm³/mol. The first-order valence-corrected chi connectivity index (χ1v) is 15.9. The van der Waals surface area contributed by atoms with Crippen molar-refractivity contribution in [3.05, 3.63) is 60.2 Å². The molecular formula is C31H42O14S. The summed E-state index contributed by atoms with van der Waals surface area (Å²) in [5, 5.41) is 70.5. The van der Waals surface area contributed by atoms with E-state index in [1.54, 1.807) is 0 Å². The molecule has 2 aliphatic heterocycles. The van der Waals surface area contributed by atoms with Crippen LogP contribution in [0.3, 0.4) is 0 Å². The van der Waals surface area contributed by atoms with Crippen LogP contribution in [0.2, 0.25) is 0 Å². The van der Waals surface area contributed by atoms with Gasteiger partial charge < -0.3 is 64.2 Å². The lowest BCUT2D eigenvalue weighted by Gasteiger charge is -2.45. The van der Waals surface area contributed by atoms with Crippen molar-refractivity contribution in [1.82, 2.24) is 0 Å². The van der Waals surface area contributed by atoms with E-state index in [4.69, 9.17) is 28.4 Å². The maximum atomic E-state index is 12.5. The summed E-state index contributed by atoms with van der Waals surface area (Å²) in [5.74, 6) is 0.476. The Kier molecular flexibility index (Phi) is 14.8. The summed E-state index contributed by atoms with van der Waals surface area (Å²) in [6.07, 6.45) is -15.3. The van der Waals surface area contributed by atoms with Crippen LogP contribution >= 0.6 is 11.8 Å². The van der Waals surface area contributed by atoms with Gasteiger partial charge in [0.1, 0.15) is 48.8 Å². The lowest BCUT2D eigenvalue weighted by Crippen LogP contribution is -2.64. The van der Waals surface area contributed by atoms with Crippen molar-refractivity contribution in [2.24, 2.45) is 0 Å². The van der Waals surface area contributed by atoms with Crippen molar-refractivity contribution in [1.29, 1.82) is 0 Å². The molecule has 15 heteroatoms. The first-order valence-electron chi connectivity index (χ1n) is 14.9. The van der Waals surface area contributed by atoms with Gasteiger partial charge in [-0.1, -0.05) is 54.2 Å². The molecule has 2 saturated heterocycles. The van der Waals surface area contributed by atoms with Crippen LogP contribution in [0.15, 0.2) is 54.6 Å². The number of thioether (sulfide) groups is 1. The highest BCUT2D eigenvalue weighted by molar-refractivity contribution is 8.14. The second kappa shape index (κ2) is 18.5. The van der Waals surface area contributed by atoms with E-state index in [1.807, 2.05) is 54.6 Å². The molecule has 46 heavy (non-hydrogen) atoms. The monoisotopic (exact) mass is 670 g/mol. The number of benzene rings is 2. The molecule has 0 bridgehead atoms. The SMILES string of the molecule is O=C(SCCOCCOCCO[C@@H]1OC(CO)[C@H](O)[C@H](O[C@H]2OC(CO)[C@H](O)[C@H](O)C2O)C1O)c1ccc(-c2ccccc2)cc1. The van der Waals surface area contributed by atoms with E-state index < -0.39 is 74.6 Å². The number of rotatable bonds is 16. The Morgan fingerprint density at radius 2 is 1.24 bits per heavy atom. The van der Waals surface area contributed by atoms with Gasteiger partial charge in [-0.05, 0) is 23.3 Å². The number of carbonyl (C=O) groups excluding carboxylic acids is 1. The predicted octanol–water partition coefficient (Wildman–Crippen LogP) is -1.10. The quantitative estimate of drug-likeness (QED) is 0.106. The molecule has 0 aliphatic carbocycles. The molecule has 4 unspecified atom stereocenters. The second-order valence-electron chi connectivity index (χ2n) is 10.7. The van der Waals surface area contributed by atoms with Crippen molar-refractivity contribution in [3.63, 3.8) is 0 Å². The number of aliphatic hydroxyl groups is 7. The van der Waals surface area contributed by atoms with E-state index in [-0.39, 0.29) is 31.5 Å². The fourth-order valence-corrected chi connectivity index (χ4v) is 5.63. The third-order valence-corrected chi connectivity index (χ3v) is 8.40. The van der Waals surface area contributed by atoms with Crippen molar-refractivity contribution in [2.45, 2.75) is 61.4 Å². The molecule has 4 rings (SSSR count). The molecule has 2 aliphatic rings. The molecule has 0 aromatic heterocycles. The number of aliphatic hydroxyl groups excluding tert-OH is 7. The molecule has 2 aromatic carbocycles. The summed E-state index contributed by atoms with van der Waals surface area (Å²) in [6.45, 7) is -0.442. The molecular weight excluding hydrogens is 628 g/mol. The summed E-state index contributed by atoms with van der Waals surface area (Å²) < 4.78 is 32.8. The first-order chi connectivity index (χ1) is 22.2. The van der Waals surface area contributed by atoms with Crippen LogP contribution in [0.25, 0.3) is 11.1 Å². The molecule has 0 spiro atoms. The second-order valence-corrected chi connectivity index (χ2v) is 11.7. The van der Waals surface area contributed by atoms with Gasteiger partial charge in [0, 0.05) is 11.3 Å². The number of hydrogen-bond donors (Lipinski definition) is 7. The highest BCUT2D eigenvalue weighted by atomic mass is 32.2. The summed E-state index contributed by atoms with van der Waals surface area (Å²) in [5.41, 5.74) is 2.74. The Balaban J connectivity index is 1.10. The van der Waals surface area contributed by atoms with Crippen LogP contribution in [-0.2, 0) is 28.4 Å². The fourth-order valence-electron chi connectivity index (χ4n) is 4.94. The van der Waals surface area contributed by atoms with Crippen molar-refractivity contribution in [2.75, 3.05) is 52.0 Å². The number of ether oxygens (including phenoxy) is 6. The Hall–Kier alpha value is -2.06. The van der Waals surface area contributed by atoms with Gasteiger partial charge in [-0.25, -0.2) is 0 Å². The van der Waals surface area contributed by atoms with E-state index in [1.165, 1.54) is 11.8 Å². The summed E-state index contributed by atoms with van der Waals surface area (Å²) in [7, 11) is 0. The van der Waals surface area contributed by atoms with Crippen LogP contribution in [0, 0.1) is 0 Å². The average molecular weight is 671 g/mol. The standard InChI is InChI=1S/C31H42O14S/c32-16-21-23(34)25(36)26(37)31(44-21)45-28-24(35)22(17-33)43-30(27(28)38)42-13-12-40-10-11-41-14-15-46-29(39)20-8-6-19(7-9-20)18-4-2-1-3-5-18/h1-9,21-28,30-38H,10-17H2/t21?,22?,23-,24-,25-,26?,27?,28-,30+,31+/m0/s1.